The SMILES string of the molecule is Cl.O=C([C@@H]1CCCN1)N1CCOCC1. The number of nitrogens with zero attached hydrogens (tertiary/aromatic N) is 1. The van der Waals surface area contributed by atoms with E-state index < -0.39 is 0 Å². The molecule has 1 atom stereocenters. The first-order valence-electron chi connectivity index (χ1n) is 4.98. The van der Waals surface area contributed by atoms with Gasteiger partial charge in [0.25, 0.3) is 0 Å². The van der Waals surface area contributed by atoms with Crippen LogP contribution in [0.3, 0.4) is 0 Å². The lowest BCUT2D eigenvalue weighted by atomic mass is 10.2. The van der Waals surface area contributed by atoms with E-state index in [1.54, 1.807) is 0 Å². The summed E-state index contributed by atoms with van der Waals surface area (Å²) < 4.78 is 5.20. The van der Waals surface area contributed by atoms with Gasteiger partial charge in [0.05, 0.1) is 19.3 Å². The average molecular weight is 221 g/mol. The first-order chi connectivity index (χ1) is 6.38. The molecule has 2 saturated heterocycles. The third-order valence-corrected chi connectivity index (χ3v) is 2.68. The summed E-state index contributed by atoms with van der Waals surface area (Å²) in [5, 5.41) is 3.22. The number of ether oxygens (including phenoxy) is 1. The zero-order chi connectivity index (χ0) is 9.10. The van der Waals surface area contributed by atoms with Crippen LogP contribution < -0.4 is 5.32 Å². The van der Waals surface area contributed by atoms with Gasteiger partial charge in [-0.1, -0.05) is 0 Å². The van der Waals surface area contributed by atoms with Crippen LogP contribution in [0, 0.1) is 0 Å². The largest absolute Gasteiger partial charge is 0.378 e. The van der Waals surface area contributed by atoms with E-state index in [0.717, 1.165) is 32.5 Å². The molecular weight excluding hydrogens is 204 g/mol. The lowest BCUT2D eigenvalue weighted by Gasteiger charge is -2.29. The topological polar surface area (TPSA) is 41.6 Å². The van der Waals surface area contributed by atoms with E-state index in [1.807, 2.05) is 4.90 Å². The minimum atomic E-state index is 0. The average Bonchev–Trinajstić information content (AvgIpc) is 2.71. The molecule has 0 saturated carbocycles. The standard InChI is InChI=1S/C9H16N2O2.ClH/c12-9(8-2-1-3-10-8)11-4-6-13-7-5-11;/h8,10H,1-7H2;1H/t8-;/m0./s1. The van der Waals surface area contributed by atoms with Crippen molar-refractivity contribution in [3.8, 4) is 0 Å². The summed E-state index contributed by atoms with van der Waals surface area (Å²) >= 11 is 0. The number of carbonyl (C=O) groups is 1. The second-order valence-electron chi connectivity index (χ2n) is 3.59. The van der Waals surface area contributed by atoms with E-state index in [-0.39, 0.29) is 24.4 Å². The van der Waals surface area contributed by atoms with Crippen LogP contribution in [-0.2, 0) is 9.53 Å². The molecule has 0 spiro atoms. The number of nitrogens with one attached hydrogen (secondary N) is 1. The predicted molar refractivity (Wildman–Crippen MR) is 55.7 cm³/mol. The number of hydrogen-bond acceptors (Lipinski definition) is 3. The van der Waals surface area contributed by atoms with Crippen molar-refractivity contribution >= 4 is 18.3 Å². The van der Waals surface area contributed by atoms with Gasteiger partial charge < -0.3 is 15.0 Å². The van der Waals surface area contributed by atoms with Gasteiger partial charge >= 0.3 is 0 Å². The van der Waals surface area contributed by atoms with Crippen molar-refractivity contribution in [2.45, 2.75) is 18.9 Å². The van der Waals surface area contributed by atoms with Crippen molar-refractivity contribution < 1.29 is 9.53 Å². The maximum atomic E-state index is 11.8. The van der Waals surface area contributed by atoms with Gasteiger partial charge in [0.1, 0.15) is 0 Å². The van der Waals surface area contributed by atoms with Crippen molar-refractivity contribution in [2.75, 3.05) is 32.8 Å². The highest BCUT2D eigenvalue weighted by molar-refractivity contribution is 5.85. The normalized spacial score (nSPS) is 27.1. The molecule has 82 valence electrons. The molecule has 0 aromatic rings. The Balaban J connectivity index is 0.000000980. The molecule has 0 aromatic carbocycles. The smallest absolute Gasteiger partial charge is 0.239 e. The first-order valence-corrected chi connectivity index (χ1v) is 4.98. The summed E-state index contributed by atoms with van der Waals surface area (Å²) in [6, 6.07) is 0.0816. The number of halogens is 1. The molecule has 2 fully saturated rings. The van der Waals surface area contributed by atoms with E-state index in [2.05, 4.69) is 5.32 Å². The molecule has 0 radical (unpaired) electrons. The lowest BCUT2D eigenvalue weighted by Crippen LogP contribution is -2.48. The fourth-order valence-corrected chi connectivity index (χ4v) is 1.90. The number of carbonyl (C=O) groups excluding carboxylic acids is 1. The molecule has 2 rings (SSSR count). The molecule has 0 unspecified atom stereocenters. The van der Waals surface area contributed by atoms with Crippen molar-refractivity contribution in [3.63, 3.8) is 0 Å². The molecule has 0 bridgehead atoms. The highest BCUT2D eigenvalue weighted by atomic mass is 35.5. The summed E-state index contributed by atoms with van der Waals surface area (Å²) in [7, 11) is 0. The molecule has 4 nitrogen and oxygen atoms in total. The van der Waals surface area contributed by atoms with Crippen LogP contribution in [-0.4, -0.2) is 49.7 Å². The van der Waals surface area contributed by atoms with Crippen LogP contribution in [0.15, 0.2) is 0 Å². The second-order valence-corrected chi connectivity index (χ2v) is 3.59. The van der Waals surface area contributed by atoms with Gasteiger partial charge in [-0.2, -0.15) is 0 Å². The Morgan fingerprint density at radius 3 is 2.64 bits per heavy atom. The molecule has 1 N–H and O–H groups in total. The van der Waals surface area contributed by atoms with Crippen LogP contribution in [0.1, 0.15) is 12.8 Å². The summed E-state index contributed by atoms with van der Waals surface area (Å²) in [6.45, 7) is 3.89. The van der Waals surface area contributed by atoms with Crippen molar-refractivity contribution in [1.82, 2.24) is 10.2 Å². The number of amides is 1. The van der Waals surface area contributed by atoms with Crippen molar-refractivity contribution in [2.24, 2.45) is 0 Å². The molecule has 0 aliphatic carbocycles. The zero-order valence-electron chi connectivity index (χ0n) is 8.20. The molecule has 5 heteroatoms. The molecular formula is C9H17ClN2O2. The van der Waals surface area contributed by atoms with Crippen LogP contribution in [0.2, 0.25) is 0 Å². The maximum Gasteiger partial charge on any atom is 0.239 e. The Morgan fingerprint density at radius 1 is 1.36 bits per heavy atom. The Hall–Kier alpha value is -0.320. The Kier molecular flexibility index (Phi) is 4.65. The second kappa shape index (κ2) is 5.53. The van der Waals surface area contributed by atoms with Crippen molar-refractivity contribution in [3.05, 3.63) is 0 Å². The Bertz CT molecular complexity index is 189. The Labute approximate surface area is 90.4 Å². The number of hydrogen-bond donors (Lipinski definition) is 1. The molecule has 2 aliphatic heterocycles. The predicted octanol–water partition coefficient (Wildman–Crippen LogP) is 0.0190. The minimum Gasteiger partial charge on any atom is -0.378 e. The van der Waals surface area contributed by atoms with Gasteiger partial charge in [0.15, 0.2) is 0 Å². The van der Waals surface area contributed by atoms with Crippen LogP contribution in [0.4, 0.5) is 0 Å². The monoisotopic (exact) mass is 220 g/mol. The molecule has 2 heterocycles. The van der Waals surface area contributed by atoms with Gasteiger partial charge in [0, 0.05) is 13.1 Å². The van der Waals surface area contributed by atoms with E-state index >= 15 is 0 Å². The van der Waals surface area contributed by atoms with Crippen molar-refractivity contribution in [1.29, 1.82) is 0 Å². The number of morpholine rings is 1. The quantitative estimate of drug-likeness (QED) is 0.678. The van der Waals surface area contributed by atoms with Crippen LogP contribution in [0.5, 0.6) is 0 Å². The molecule has 0 aromatic heterocycles. The molecule has 1 amide bonds. The maximum absolute atomic E-state index is 11.8. The Morgan fingerprint density at radius 2 is 2.07 bits per heavy atom. The summed E-state index contributed by atoms with van der Waals surface area (Å²) in [5.74, 6) is 0.265. The highest BCUT2D eigenvalue weighted by Crippen LogP contribution is 2.09. The fraction of sp³-hybridized carbons (Fsp3) is 0.889. The highest BCUT2D eigenvalue weighted by Gasteiger charge is 2.27. The first kappa shape index (κ1) is 11.8. The summed E-state index contributed by atoms with van der Waals surface area (Å²) in [5.41, 5.74) is 0. The third kappa shape index (κ3) is 2.59. The fourth-order valence-electron chi connectivity index (χ4n) is 1.90. The summed E-state index contributed by atoms with van der Waals surface area (Å²) in [6.07, 6.45) is 2.12. The van der Waals surface area contributed by atoms with Gasteiger partial charge in [-0.05, 0) is 19.4 Å². The summed E-state index contributed by atoms with van der Waals surface area (Å²) in [4.78, 5) is 13.7. The van der Waals surface area contributed by atoms with E-state index in [9.17, 15) is 4.79 Å². The number of rotatable bonds is 1. The van der Waals surface area contributed by atoms with Gasteiger partial charge in [-0.25, -0.2) is 0 Å². The van der Waals surface area contributed by atoms with Gasteiger partial charge in [0.2, 0.25) is 5.91 Å². The molecule has 14 heavy (non-hydrogen) atoms. The van der Waals surface area contributed by atoms with E-state index in [4.69, 9.17) is 4.74 Å². The van der Waals surface area contributed by atoms with E-state index in [1.165, 1.54) is 0 Å². The van der Waals surface area contributed by atoms with Crippen LogP contribution >= 0.6 is 12.4 Å². The van der Waals surface area contributed by atoms with E-state index in [0.29, 0.717) is 13.2 Å². The van der Waals surface area contributed by atoms with Gasteiger partial charge in [-0.15, -0.1) is 12.4 Å². The third-order valence-electron chi connectivity index (χ3n) is 2.68. The lowest BCUT2D eigenvalue weighted by molar-refractivity contribution is -0.137. The zero-order valence-corrected chi connectivity index (χ0v) is 9.02. The van der Waals surface area contributed by atoms with Gasteiger partial charge in [-0.3, -0.25) is 4.79 Å². The minimum absolute atomic E-state index is 0. The van der Waals surface area contributed by atoms with Crippen LogP contribution in [0.25, 0.3) is 0 Å². The molecule has 2 aliphatic rings.